The number of aliphatic carboxylic acids is 1. The molecule has 2 heterocycles. The monoisotopic (exact) mass is 236 g/mol. The number of nitrogens with one attached hydrogen (secondary N) is 1. The first kappa shape index (κ1) is 10.5. The van der Waals surface area contributed by atoms with Gasteiger partial charge in [-0.15, -0.1) is 11.3 Å². The van der Waals surface area contributed by atoms with Crippen LogP contribution in [0.5, 0.6) is 0 Å². The van der Waals surface area contributed by atoms with Gasteiger partial charge < -0.3 is 10.4 Å². The van der Waals surface area contributed by atoms with Crippen LogP contribution in [-0.2, 0) is 11.2 Å². The van der Waals surface area contributed by atoms with Gasteiger partial charge in [0.15, 0.2) is 10.9 Å². The number of thiazole rings is 1. The molecule has 7 heteroatoms. The lowest BCUT2D eigenvalue weighted by Crippen LogP contribution is -2.00. The van der Waals surface area contributed by atoms with Crippen LogP contribution < -0.4 is 5.32 Å². The summed E-state index contributed by atoms with van der Waals surface area (Å²) >= 11 is 1.33. The Morgan fingerprint density at radius 1 is 1.50 bits per heavy atom. The van der Waals surface area contributed by atoms with Crippen LogP contribution in [0.3, 0.4) is 0 Å². The molecule has 16 heavy (non-hydrogen) atoms. The fourth-order valence-corrected chi connectivity index (χ4v) is 1.79. The summed E-state index contributed by atoms with van der Waals surface area (Å²) in [6.07, 6.45) is 4.63. The smallest absolute Gasteiger partial charge is 0.309 e. The Kier molecular flexibility index (Phi) is 3.06. The van der Waals surface area contributed by atoms with Gasteiger partial charge >= 0.3 is 5.97 Å². The molecule has 2 aromatic heterocycles. The van der Waals surface area contributed by atoms with Crippen LogP contribution in [0.25, 0.3) is 0 Å². The van der Waals surface area contributed by atoms with Crippen molar-refractivity contribution in [1.82, 2.24) is 15.0 Å². The zero-order valence-corrected chi connectivity index (χ0v) is 8.94. The highest BCUT2D eigenvalue weighted by molar-refractivity contribution is 7.13. The number of anilines is 2. The molecule has 0 aliphatic heterocycles. The molecule has 0 radical (unpaired) electrons. The van der Waals surface area contributed by atoms with Crippen molar-refractivity contribution >= 4 is 28.3 Å². The first-order chi connectivity index (χ1) is 7.74. The average Bonchev–Trinajstić information content (AvgIpc) is 2.66. The maximum atomic E-state index is 10.5. The van der Waals surface area contributed by atoms with E-state index in [1.807, 2.05) is 0 Å². The third-order valence-electron chi connectivity index (χ3n) is 1.68. The van der Waals surface area contributed by atoms with Crippen molar-refractivity contribution in [3.8, 4) is 0 Å². The minimum absolute atomic E-state index is 0.0708. The molecular weight excluding hydrogens is 228 g/mol. The zero-order valence-electron chi connectivity index (χ0n) is 8.12. The normalized spacial score (nSPS) is 10.0. The number of hydrogen-bond donors (Lipinski definition) is 2. The SMILES string of the molecule is O=C(O)Cc1csc(Nc2cnccn2)n1. The molecule has 82 valence electrons. The van der Waals surface area contributed by atoms with Gasteiger partial charge in [0.1, 0.15) is 0 Å². The first-order valence-corrected chi connectivity index (χ1v) is 5.31. The van der Waals surface area contributed by atoms with Crippen LogP contribution in [0.1, 0.15) is 5.69 Å². The number of rotatable bonds is 4. The fraction of sp³-hybridized carbons (Fsp3) is 0.111. The van der Waals surface area contributed by atoms with Gasteiger partial charge in [0.2, 0.25) is 0 Å². The first-order valence-electron chi connectivity index (χ1n) is 4.43. The van der Waals surface area contributed by atoms with E-state index in [1.54, 1.807) is 24.0 Å². The highest BCUT2D eigenvalue weighted by atomic mass is 32.1. The molecular formula is C9H8N4O2S. The standard InChI is InChI=1S/C9H8N4O2S/c14-8(15)3-6-5-16-9(12-6)13-7-4-10-1-2-11-7/h1-2,4-5H,3H2,(H,14,15)(H,11,12,13). The second-order valence-electron chi connectivity index (χ2n) is 2.93. The lowest BCUT2D eigenvalue weighted by Gasteiger charge is -1.98. The molecule has 2 rings (SSSR count). The Morgan fingerprint density at radius 2 is 2.38 bits per heavy atom. The minimum Gasteiger partial charge on any atom is -0.481 e. The maximum absolute atomic E-state index is 10.5. The van der Waals surface area contributed by atoms with E-state index in [2.05, 4.69) is 20.3 Å². The van der Waals surface area contributed by atoms with Gasteiger partial charge in [0.05, 0.1) is 18.3 Å². The van der Waals surface area contributed by atoms with Crippen molar-refractivity contribution < 1.29 is 9.90 Å². The number of carboxylic acids is 1. The summed E-state index contributed by atoms with van der Waals surface area (Å²) in [5, 5.41) is 13.8. The summed E-state index contributed by atoms with van der Waals surface area (Å²) < 4.78 is 0. The van der Waals surface area contributed by atoms with Gasteiger partial charge in [-0.05, 0) is 0 Å². The second-order valence-corrected chi connectivity index (χ2v) is 3.79. The molecule has 0 aromatic carbocycles. The van der Waals surface area contributed by atoms with Crippen molar-refractivity contribution in [3.05, 3.63) is 29.7 Å². The summed E-state index contributed by atoms with van der Waals surface area (Å²) in [5.74, 6) is -0.310. The molecule has 0 saturated heterocycles. The van der Waals surface area contributed by atoms with E-state index in [0.717, 1.165) is 0 Å². The Labute approximate surface area is 95.0 Å². The highest BCUT2D eigenvalue weighted by Crippen LogP contribution is 2.19. The summed E-state index contributed by atoms with van der Waals surface area (Å²) in [6.45, 7) is 0. The van der Waals surface area contributed by atoms with E-state index < -0.39 is 5.97 Å². The molecule has 0 unspecified atom stereocenters. The highest BCUT2D eigenvalue weighted by Gasteiger charge is 2.06. The fourth-order valence-electron chi connectivity index (χ4n) is 1.07. The maximum Gasteiger partial charge on any atom is 0.309 e. The summed E-state index contributed by atoms with van der Waals surface area (Å²) in [4.78, 5) is 22.5. The van der Waals surface area contributed by atoms with Gasteiger partial charge in [-0.25, -0.2) is 9.97 Å². The summed E-state index contributed by atoms with van der Waals surface area (Å²) in [5.41, 5.74) is 0.531. The van der Waals surface area contributed by atoms with Crippen LogP contribution in [0, 0.1) is 0 Å². The van der Waals surface area contributed by atoms with Gasteiger partial charge in [-0.2, -0.15) is 0 Å². The van der Waals surface area contributed by atoms with E-state index >= 15 is 0 Å². The van der Waals surface area contributed by atoms with Crippen molar-refractivity contribution in [2.45, 2.75) is 6.42 Å². The molecule has 0 fully saturated rings. The Bertz CT molecular complexity index is 485. The predicted molar refractivity (Wildman–Crippen MR) is 58.8 cm³/mol. The lowest BCUT2D eigenvalue weighted by molar-refractivity contribution is -0.136. The quantitative estimate of drug-likeness (QED) is 0.832. The Morgan fingerprint density at radius 3 is 3.06 bits per heavy atom. The number of carbonyl (C=O) groups is 1. The molecule has 0 amide bonds. The summed E-state index contributed by atoms with van der Waals surface area (Å²) in [6, 6.07) is 0. The molecule has 0 bridgehead atoms. The number of carboxylic acid groups (broad SMARTS) is 1. The van der Waals surface area contributed by atoms with Crippen molar-refractivity contribution in [3.63, 3.8) is 0 Å². The molecule has 0 aliphatic carbocycles. The minimum atomic E-state index is -0.892. The van der Waals surface area contributed by atoms with Crippen LogP contribution in [-0.4, -0.2) is 26.0 Å². The largest absolute Gasteiger partial charge is 0.481 e. The third kappa shape index (κ3) is 2.74. The van der Waals surface area contributed by atoms with Gasteiger partial charge in [-0.1, -0.05) is 0 Å². The Balaban J connectivity index is 2.06. The predicted octanol–water partition coefficient (Wildman–Crippen LogP) is 1.30. The molecule has 6 nitrogen and oxygen atoms in total. The zero-order chi connectivity index (χ0) is 11.4. The van der Waals surface area contributed by atoms with Crippen molar-refractivity contribution in [2.75, 3.05) is 5.32 Å². The number of hydrogen-bond acceptors (Lipinski definition) is 6. The molecule has 0 aliphatic rings. The molecule has 0 spiro atoms. The van der Waals surface area contributed by atoms with Gasteiger partial charge in [0.25, 0.3) is 0 Å². The van der Waals surface area contributed by atoms with Crippen LogP contribution in [0.4, 0.5) is 10.9 Å². The molecule has 0 saturated carbocycles. The van der Waals surface area contributed by atoms with Crippen LogP contribution >= 0.6 is 11.3 Å². The van der Waals surface area contributed by atoms with E-state index in [-0.39, 0.29) is 6.42 Å². The molecule has 0 atom stereocenters. The van der Waals surface area contributed by atoms with E-state index in [9.17, 15) is 4.79 Å². The lowest BCUT2D eigenvalue weighted by atomic mass is 10.3. The molecule has 2 N–H and O–H groups in total. The summed E-state index contributed by atoms with van der Waals surface area (Å²) in [7, 11) is 0. The number of aromatic nitrogens is 3. The van der Waals surface area contributed by atoms with Crippen molar-refractivity contribution in [2.24, 2.45) is 0 Å². The van der Waals surface area contributed by atoms with Gasteiger partial charge in [0, 0.05) is 17.8 Å². The molecule has 2 aromatic rings. The third-order valence-corrected chi connectivity index (χ3v) is 2.49. The van der Waals surface area contributed by atoms with Crippen LogP contribution in [0.2, 0.25) is 0 Å². The van der Waals surface area contributed by atoms with E-state index in [1.165, 1.54) is 11.3 Å². The van der Waals surface area contributed by atoms with Crippen LogP contribution in [0.15, 0.2) is 24.0 Å². The number of nitrogens with zero attached hydrogens (tertiary/aromatic N) is 3. The van der Waals surface area contributed by atoms with E-state index in [0.29, 0.717) is 16.6 Å². The van der Waals surface area contributed by atoms with E-state index in [4.69, 9.17) is 5.11 Å². The van der Waals surface area contributed by atoms with Gasteiger partial charge in [-0.3, -0.25) is 9.78 Å². The topological polar surface area (TPSA) is 88.0 Å². The van der Waals surface area contributed by atoms with Crippen molar-refractivity contribution in [1.29, 1.82) is 0 Å². The Hall–Kier alpha value is -2.02. The second kappa shape index (κ2) is 4.67. The average molecular weight is 236 g/mol.